The van der Waals surface area contributed by atoms with Gasteiger partial charge in [0.1, 0.15) is 10.5 Å². The van der Waals surface area contributed by atoms with Crippen LogP contribution >= 0.6 is 23.2 Å². The summed E-state index contributed by atoms with van der Waals surface area (Å²) in [5.41, 5.74) is 1.60. The van der Waals surface area contributed by atoms with Gasteiger partial charge in [0.2, 0.25) is 11.7 Å². The van der Waals surface area contributed by atoms with Gasteiger partial charge in [-0.3, -0.25) is 4.79 Å². The molecular formula is C19H16Cl2N2O4S. The van der Waals surface area contributed by atoms with Crippen LogP contribution in [-0.4, -0.2) is 24.0 Å². The van der Waals surface area contributed by atoms with E-state index in [2.05, 4.69) is 5.10 Å². The number of carbonyl (C=O) groups excluding carboxylic acids is 1. The van der Waals surface area contributed by atoms with E-state index in [4.69, 9.17) is 27.4 Å². The number of hydrogen-bond donors (Lipinski definition) is 0. The molecule has 0 aliphatic heterocycles. The SMILES string of the molecule is Cc1ccc(S(=O)(=O)Oc2c(C(=O)c3ccc(Cl)c(C)c3Cl)cnn2C)cc1. The topological polar surface area (TPSA) is 78.3 Å². The number of aryl methyl sites for hydroxylation is 2. The second kappa shape index (κ2) is 7.58. The molecule has 28 heavy (non-hydrogen) atoms. The summed E-state index contributed by atoms with van der Waals surface area (Å²) < 4.78 is 31.7. The lowest BCUT2D eigenvalue weighted by Gasteiger charge is -2.11. The number of hydrogen-bond acceptors (Lipinski definition) is 5. The summed E-state index contributed by atoms with van der Waals surface area (Å²) in [6.45, 7) is 3.52. The average Bonchev–Trinajstić information content (AvgIpc) is 3.00. The van der Waals surface area contributed by atoms with Gasteiger partial charge in [-0.15, -0.1) is 0 Å². The molecule has 0 radical (unpaired) electrons. The number of carbonyl (C=O) groups is 1. The van der Waals surface area contributed by atoms with Crippen LogP contribution in [0.4, 0.5) is 0 Å². The minimum atomic E-state index is -4.15. The normalized spacial score (nSPS) is 11.5. The summed E-state index contributed by atoms with van der Waals surface area (Å²) in [6, 6.07) is 9.20. The molecule has 9 heteroatoms. The molecule has 0 N–H and O–H groups in total. The van der Waals surface area contributed by atoms with E-state index in [1.165, 1.54) is 36.1 Å². The molecular weight excluding hydrogens is 423 g/mol. The van der Waals surface area contributed by atoms with E-state index < -0.39 is 15.9 Å². The molecule has 0 aliphatic carbocycles. The fourth-order valence-corrected chi connectivity index (χ4v) is 3.95. The molecule has 146 valence electrons. The number of nitrogens with zero attached hydrogens (tertiary/aromatic N) is 2. The van der Waals surface area contributed by atoms with Crippen LogP contribution in [0.15, 0.2) is 47.5 Å². The van der Waals surface area contributed by atoms with Crippen molar-refractivity contribution >= 4 is 39.1 Å². The third-order valence-electron chi connectivity index (χ3n) is 4.19. The van der Waals surface area contributed by atoms with Gasteiger partial charge in [-0.1, -0.05) is 40.9 Å². The lowest BCUT2D eigenvalue weighted by molar-refractivity contribution is 0.103. The number of aromatic nitrogens is 2. The van der Waals surface area contributed by atoms with Crippen molar-refractivity contribution in [1.29, 1.82) is 0 Å². The Hall–Kier alpha value is -2.35. The van der Waals surface area contributed by atoms with E-state index in [1.807, 2.05) is 6.92 Å². The summed E-state index contributed by atoms with van der Waals surface area (Å²) in [4.78, 5) is 12.9. The predicted molar refractivity (Wildman–Crippen MR) is 107 cm³/mol. The molecule has 0 saturated heterocycles. The van der Waals surface area contributed by atoms with Crippen LogP contribution in [0.5, 0.6) is 5.88 Å². The third-order valence-corrected chi connectivity index (χ3v) is 6.32. The van der Waals surface area contributed by atoms with E-state index in [0.29, 0.717) is 10.6 Å². The predicted octanol–water partition coefficient (Wildman–Crippen LogP) is 4.34. The summed E-state index contributed by atoms with van der Waals surface area (Å²) >= 11 is 12.3. The van der Waals surface area contributed by atoms with Crippen molar-refractivity contribution in [3.8, 4) is 5.88 Å². The highest BCUT2D eigenvalue weighted by Gasteiger charge is 2.27. The van der Waals surface area contributed by atoms with Gasteiger partial charge in [0.15, 0.2) is 0 Å². The second-order valence-corrected chi connectivity index (χ2v) is 8.53. The monoisotopic (exact) mass is 438 g/mol. The highest BCUT2D eigenvalue weighted by Crippen LogP contribution is 2.31. The van der Waals surface area contributed by atoms with Crippen LogP contribution in [0.25, 0.3) is 0 Å². The molecule has 1 heterocycles. The maximum absolute atomic E-state index is 13.0. The van der Waals surface area contributed by atoms with Gasteiger partial charge in [0.25, 0.3) is 0 Å². The van der Waals surface area contributed by atoms with Crippen LogP contribution in [0.1, 0.15) is 27.0 Å². The lowest BCUT2D eigenvalue weighted by Crippen LogP contribution is -2.14. The Balaban J connectivity index is 2.02. The van der Waals surface area contributed by atoms with Crippen molar-refractivity contribution in [2.24, 2.45) is 7.05 Å². The van der Waals surface area contributed by atoms with Crippen molar-refractivity contribution < 1.29 is 17.4 Å². The van der Waals surface area contributed by atoms with Crippen molar-refractivity contribution in [2.45, 2.75) is 18.7 Å². The summed E-state index contributed by atoms with van der Waals surface area (Å²) in [5.74, 6) is -0.721. The zero-order valence-corrected chi connectivity index (χ0v) is 17.6. The van der Waals surface area contributed by atoms with Crippen molar-refractivity contribution in [3.05, 3.63) is 74.9 Å². The Bertz CT molecular complexity index is 1170. The van der Waals surface area contributed by atoms with Gasteiger partial charge >= 0.3 is 10.1 Å². The zero-order valence-electron chi connectivity index (χ0n) is 15.2. The first-order valence-corrected chi connectivity index (χ1v) is 10.3. The summed E-state index contributed by atoms with van der Waals surface area (Å²) in [6.07, 6.45) is 1.24. The Morgan fingerprint density at radius 2 is 1.68 bits per heavy atom. The van der Waals surface area contributed by atoms with Crippen LogP contribution < -0.4 is 4.18 Å². The standard InChI is InChI=1S/C19H16Cl2N2O4S/c1-11-4-6-13(7-5-11)28(25,26)27-19-15(10-22-23(19)3)18(24)14-8-9-16(20)12(2)17(14)21/h4-10H,1-3H3. The maximum Gasteiger partial charge on any atom is 0.340 e. The van der Waals surface area contributed by atoms with Gasteiger partial charge in [-0.25, -0.2) is 4.68 Å². The Morgan fingerprint density at radius 1 is 1.04 bits per heavy atom. The molecule has 6 nitrogen and oxygen atoms in total. The van der Waals surface area contributed by atoms with Gasteiger partial charge in [-0.05, 0) is 43.7 Å². The number of halogens is 2. The molecule has 2 aromatic carbocycles. The molecule has 1 aromatic heterocycles. The number of rotatable bonds is 5. The minimum Gasteiger partial charge on any atom is -0.358 e. The molecule has 0 spiro atoms. The van der Waals surface area contributed by atoms with Crippen molar-refractivity contribution in [2.75, 3.05) is 0 Å². The average molecular weight is 439 g/mol. The molecule has 3 rings (SSSR count). The van der Waals surface area contributed by atoms with E-state index in [-0.39, 0.29) is 26.9 Å². The maximum atomic E-state index is 13.0. The largest absolute Gasteiger partial charge is 0.358 e. The first-order chi connectivity index (χ1) is 13.1. The lowest BCUT2D eigenvalue weighted by atomic mass is 10.0. The van der Waals surface area contributed by atoms with E-state index in [0.717, 1.165) is 5.56 Å². The smallest absolute Gasteiger partial charge is 0.340 e. The van der Waals surface area contributed by atoms with E-state index >= 15 is 0 Å². The molecule has 0 aliphatic rings. The van der Waals surface area contributed by atoms with Crippen LogP contribution in [0.2, 0.25) is 10.0 Å². The van der Waals surface area contributed by atoms with Crippen LogP contribution in [-0.2, 0) is 17.2 Å². The summed E-state index contributed by atoms with van der Waals surface area (Å²) in [7, 11) is -2.68. The minimum absolute atomic E-state index is 0.0261. The van der Waals surface area contributed by atoms with Gasteiger partial charge in [0, 0.05) is 17.6 Å². The molecule has 0 bridgehead atoms. The highest BCUT2D eigenvalue weighted by molar-refractivity contribution is 7.87. The van der Waals surface area contributed by atoms with Gasteiger partial charge < -0.3 is 4.18 Å². The number of benzene rings is 2. The Labute approximate surface area is 172 Å². The summed E-state index contributed by atoms with van der Waals surface area (Å²) in [5, 5.41) is 4.57. The van der Waals surface area contributed by atoms with E-state index in [9.17, 15) is 13.2 Å². The first-order valence-electron chi connectivity index (χ1n) is 8.14. The van der Waals surface area contributed by atoms with Gasteiger partial charge in [-0.2, -0.15) is 13.5 Å². The van der Waals surface area contributed by atoms with Crippen LogP contribution in [0.3, 0.4) is 0 Å². The van der Waals surface area contributed by atoms with E-state index in [1.54, 1.807) is 25.1 Å². The van der Waals surface area contributed by atoms with Gasteiger partial charge in [0.05, 0.1) is 11.2 Å². The second-order valence-electron chi connectivity index (χ2n) is 6.20. The third kappa shape index (κ3) is 3.78. The molecule has 0 fully saturated rings. The van der Waals surface area contributed by atoms with Crippen molar-refractivity contribution in [3.63, 3.8) is 0 Å². The molecule has 0 atom stereocenters. The Morgan fingerprint density at radius 3 is 2.32 bits per heavy atom. The highest BCUT2D eigenvalue weighted by atomic mass is 35.5. The molecule has 0 unspecified atom stereocenters. The number of ketones is 1. The fraction of sp³-hybridized carbons (Fsp3) is 0.158. The van der Waals surface area contributed by atoms with Crippen molar-refractivity contribution in [1.82, 2.24) is 9.78 Å². The molecule has 3 aromatic rings. The van der Waals surface area contributed by atoms with Crippen LogP contribution in [0, 0.1) is 13.8 Å². The molecule has 0 saturated carbocycles. The quantitative estimate of drug-likeness (QED) is 0.437. The molecule has 0 amide bonds. The first kappa shape index (κ1) is 20.4. The zero-order chi connectivity index (χ0) is 20.6. The Kier molecular flexibility index (Phi) is 5.52. The fourth-order valence-electron chi connectivity index (χ4n) is 2.52.